The summed E-state index contributed by atoms with van der Waals surface area (Å²) in [5, 5.41) is 3.46. The molecule has 5 rings (SSSR count). The number of fused-ring (bicyclic) bond motifs is 1. The number of ether oxygens (including phenoxy) is 1. The van der Waals surface area contributed by atoms with Gasteiger partial charge in [0.05, 0.1) is 5.54 Å². The Balaban J connectivity index is 1.17. The summed E-state index contributed by atoms with van der Waals surface area (Å²) in [6.07, 6.45) is 9.52. The van der Waals surface area contributed by atoms with Gasteiger partial charge >= 0.3 is 6.03 Å². The Kier molecular flexibility index (Phi) is 6.01. The molecule has 3 saturated heterocycles. The molecule has 30 heavy (non-hydrogen) atoms. The van der Waals surface area contributed by atoms with E-state index in [1.165, 1.54) is 44.3 Å². The minimum Gasteiger partial charge on any atom is -0.381 e. The summed E-state index contributed by atoms with van der Waals surface area (Å²) in [6, 6.07) is 11.7. The zero-order valence-corrected chi connectivity index (χ0v) is 18.2. The Bertz CT molecular complexity index is 720. The van der Waals surface area contributed by atoms with Gasteiger partial charge in [-0.1, -0.05) is 30.3 Å². The molecule has 164 valence electrons. The Morgan fingerprint density at radius 1 is 1.10 bits per heavy atom. The lowest BCUT2D eigenvalue weighted by molar-refractivity contribution is 0.0576. The smallest absolute Gasteiger partial charge is 0.317 e. The van der Waals surface area contributed by atoms with Gasteiger partial charge in [0.15, 0.2) is 0 Å². The van der Waals surface area contributed by atoms with Gasteiger partial charge in [-0.15, -0.1) is 0 Å². The van der Waals surface area contributed by atoms with E-state index in [1.807, 2.05) is 0 Å². The van der Waals surface area contributed by atoms with Crippen molar-refractivity contribution in [3.05, 3.63) is 35.9 Å². The second kappa shape index (κ2) is 8.88. The fourth-order valence-corrected chi connectivity index (χ4v) is 6.54. The summed E-state index contributed by atoms with van der Waals surface area (Å²) in [6.45, 7) is 5.94. The third-order valence-corrected chi connectivity index (χ3v) is 8.01. The maximum absolute atomic E-state index is 12.8. The first-order valence-corrected chi connectivity index (χ1v) is 12.1. The lowest BCUT2D eigenvalue weighted by Gasteiger charge is -2.37. The molecule has 3 unspecified atom stereocenters. The lowest BCUT2D eigenvalue weighted by Crippen LogP contribution is -2.45. The van der Waals surface area contributed by atoms with Crippen molar-refractivity contribution >= 4 is 6.03 Å². The van der Waals surface area contributed by atoms with Crippen LogP contribution >= 0.6 is 0 Å². The number of amides is 2. The minimum absolute atomic E-state index is 0.0135. The average molecular weight is 412 g/mol. The number of benzene rings is 1. The van der Waals surface area contributed by atoms with Crippen LogP contribution in [-0.2, 0) is 11.2 Å². The quantitative estimate of drug-likeness (QED) is 0.777. The molecule has 1 aromatic carbocycles. The van der Waals surface area contributed by atoms with Crippen LogP contribution < -0.4 is 5.32 Å². The average Bonchev–Trinajstić information content (AvgIpc) is 3.27. The fourth-order valence-electron chi connectivity index (χ4n) is 6.54. The molecule has 1 spiro atoms. The van der Waals surface area contributed by atoms with E-state index in [-0.39, 0.29) is 11.6 Å². The van der Waals surface area contributed by atoms with Crippen LogP contribution in [0.4, 0.5) is 4.79 Å². The number of carbonyl (C=O) groups is 1. The van der Waals surface area contributed by atoms with E-state index >= 15 is 0 Å². The predicted octanol–water partition coefficient (Wildman–Crippen LogP) is 3.68. The van der Waals surface area contributed by atoms with Crippen LogP contribution in [0.2, 0.25) is 0 Å². The normalized spacial score (nSPS) is 32.5. The second-order valence-corrected chi connectivity index (χ2v) is 10.1. The van der Waals surface area contributed by atoms with Gasteiger partial charge in [0.2, 0.25) is 0 Å². The molecule has 0 aromatic heterocycles. The van der Waals surface area contributed by atoms with Crippen molar-refractivity contribution in [3.8, 4) is 0 Å². The fraction of sp³-hybridized carbons (Fsp3) is 0.720. The molecular formula is C25H37N3O2. The number of nitrogens with zero attached hydrogens (tertiary/aromatic N) is 2. The molecule has 0 radical (unpaired) electrons. The summed E-state index contributed by atoms with van der Waals surface area (Å²) in [7, 11) is 0. The number of carbonyl (C=O) groups excluding carboxylic acids is 1. The highest BCUT2D eigenvalue weighted by Gasteiger charge is 2.53. The van der Waals surface area contributed by atoms with Gasteiger partial charge in [-0.3, -0.25) is 0 Å². The van der Waals surface area contributed by atoms with Gasteiger partial charge in [0, 0.05) is 32.3 Å². The first-order valence-electron chi connectivity index (χ1n) is 12.1. The zero-order valence-electron chi connectivity index (χ0n) is 18.2. The topological polar surface area (TPSA) is 44.8 Å². The standard InChI is InChI=1S/C25H37N3O2/c29-24-26-25(19-28(24)18-21-10-14-30-15-11-21)16-22-9-5-13-27(23(22)17-25)12-4-8-20-6-2-1-3-7-20/h1-3,6-7,21-23H,4-5,8-19H2,(H,26,29). The molecule has 2 amide bonds. The molecule has 1 aromatic rings. The molecule has 1 saturated carbocycles. The van der Waals surface area contributed by atoms with Crippen LogP contribution in [0.3, 0.4) is 0 Å². The zero-order chi connectivity index (χ0) is 20.4. The minimum atomic E-state index is 0.0135. The number of likely N-dealkylation sites (tertiary alicyclic amines) is 1. The number of urea groups is 1. The number of rotatable bonds is 6. The van der Waals surface area contributed by atoms with Crippen LogP contribution in [0.5, 0.6) is 0 Å². The number of hydrogen-bond acceptors (Lipinski definition) is 3. The maximum Gasteiger partial charge on any atom is 0.317 e. The highest BCUT2D eigenvalue weighted by molar-refractivity contribution is 5.78. The number of nitrogens with one attached hydrogen (secondary N) is 1. The van der Waals surface area contributed by atoms with E-state index < -0.39 is 0 Å². The van der Waals surface area contributed by atoms with E-state index in [4.69, 9.17) is 4.74 Å². The monoisotopic (exact) mass is 411 g/mol. The number of aryl methyl sites for hydroxylation is 1. The first kappa shape index (κ1) is 20.3. The largest absolute Gasteiger partial charge is 0.381 e. The molecule has 5 nitrogen and oxygen atoms in total. The van der Waals surface area contributed by atoms with E-state index in [0.717, 1.165) is 57.9 Å². The van der Waals surface area contributed by atoms with Crippen molar-refractivity contribution in [3.63, 3.8) is 0 Å². The lowest BCUT2D eigenvalue weighted by atomic mass is 9.91. The van der Waals surface area contributed by atoms with Crippen molar-refractivity contribution in [2.75, 3.05) is 39.4 Å². The van der Waals surface area contributed by atoms with Crippen molar-refractivity contribution < 1.29 is 9.53 Å². The van der Waals surface area contributed by atoms with Gasteiger partial charge in [-0.2, -0.15) is 0 Å². The van der Waals surface area contributed by atoms with E-state index in [1.54, 1.807) is 0 Å². The Labute approximate surface area is 181 Å². The van der Waals surface area contributed by atoms with E-state index in [2.05, 4.69) is 45.4 Å². The third-order valence-electron chi connectivity index (χ3n) is 8.01. The van der Waals surface area contributed by atoms with Gasteiger partial charge in [0.25, 0.3) is 0 Å². The van der Waals surface area contributed by atoms with Gasteiger partial charge in [-0.05, 0) is 81.9 Å². The molecule has 3 heterocycles. The van der Waals surface area contributed by atoms with Gasteiger partial charge in [0.1, 0.15) is 0 Å². The second-order valence-electron chi connectivity index (χ2n) is 10.1. The first-order chi connectivity index (χ1) is 14.7. The Hall–Kier alpha value is -1.59. The van der Waals surface area contributed by atoms with Crippen molar-refractivity contribution in [2.24, 2.45) is 11.8 Å². The van der Waals surface area contributed by atoms with Crippen molar-refractivity contribution in [2.45, 2.75) is 62.9 Å². The maximum atomic E-state index is 12.8. The Morgan fingerprint density at radius 3 is 2.77 bits per heavy atom. The summed E-state index contributed by atoms with van der Waals surface area (Å²) in [5.41, 5.74) is 1.46. The summed E-state index contributed by atoms with van der Waals surface area (Å²) >= 11 is 0. The summed E-state index contributed by atoms with van der Waals surface area (Å²) < 4.78 is 5.50. The van der Waals surface area contributed by atoms with Crippen LogP contribution in [0.15, 0.2) is 30.3 Å². The highest BCUT2D eigenvalue weighted by atomic mass is 16.5. The molecule has 0 bridgehead atoms. The van der Waals surface area contributed by atoms with E-state index in [0.29, 0.717) is 12.0 Å². The molecule has 4 aliphatic rings. The molecule has 4 fully saturated rings. The number of piperidine rings is 1. The molecule has 3 aliphatic heterocycles. The van der Waals surface area contributed by atoms with Crippen LogP contribution in [0.1, 0.15) is 50.5 Å². The predicted molar refractivity (Wildman–Crippen MR) is 118 cm³/mol. The van der Waals surface area contributed by atoms with Gasteiger partial charge < -0.3 is 19.9 Å². The van der Waals surface area contributed by atoms with Crippen molar-refractivity contribution in [1.82, 2.24) is 15.1 Å². The number of hydrogen-bond donors (Lipinski definition) is 1. The van der Waals surface area contributed by atoms with E-state index in [9.17, 15) is 4.79 Å². The molecule has 3 atom stereocenters. The summed E-state index contributed by atoms with van der Waals surface area (Å²) in [4.78, 5) is 17.7. The van der Waals surface area contributed by atoms with Crippen LogP contribution in [-0.4, -0.2) is 66.8 Å². The summed E-state index contributed by atoms with van der Waals surface area (Å²) in [5.74, 6) is 1.36. The molecule has 5 heteroatoms. The highest BCUT2D eigenvalue weighted by Crippen LogP contribution is 2.45. The molecular weight excluding hydrogens is 374 g/mol. The van der Waals surface area contributed by atoms with Crippen LogP contribution in [0.25, 0.3) is 0 Å². The SMILES string of the molecule is O=C1NC2(CC3CCCN(CCCc4ccccc4)C3C2)CN1CC1CCOCC1. The van der Waals surface area contributed by atoms with Crippen molar-refractivity contribution in [1.29, 1.82) is 0 Å². The van der Waals surface area contributed by atoms with Crippen LogP contribution in [0, 0.1) is 11.8 Å². The molecule has 1 N–H and O–H groups in total. The Morgan fingerprint density at radius 2 is 1.93 bits per heavy atom. The molecule has 1 aliphatic carbocycles. The third kappa shape index (κ3) is 4.38. The van der Waals surface area contributed by atoms with Gasteiger partial charge in [-0.25, -0.2) is 4.79 Å².